The smallest absolute Gasteiger partial charge is 0.320 e. The number of fused-ring (bicyclic) bond motifs is 1. The molecule has 0 spiro atoms. The van der Waals surface area contributed by atoms with E-state index < -0.39 is 11.2 Å². The van der Waals surface area contributed by atoms with Crippen LogP contribution in [0.2, 0.25) is 15.1 Å². The van der Waals surface area contributed by atoms with Crippen LogP contribution < -0.4 is 11.2 Å². The van der Waals surface area contributed by atoms with Crippen LogP contribution in [-0.2, 0) is 13.1 Å². The topological polar surface area (TPSA) is 61.8 Å². The molecule has 0 atom stereocenters. The van der Waals surface area contributed by atoms with Crippen molar-refractivity contribution in [3.8, 4) is 5.69 Å². The van der Waals surface area contributed by atoms with Crippen molar-refractivity contribution in [1.82, 2.24) is 18.7 Å². The fraction of sp³-hybridized carbons (Fsp3) is 0.0952. The molecule has 0 fully saturated rings. The van der Waals surface area contributed by atoms with E-state index in [0.717, 1.165) is 10.1 Å². The van der Waals surface area contributed by atoms with Crippen molar-refractivity contribution in [3.63, 3.8) is 0 Å². The average Bonchev–Trinajstić information content (AvgIpc) is 3.13. The molecular weight excluding hydrogens is 447 g/mol. The Morgan fingerprint density at radius 2 is 1.73 bits per heavy atom. The normalized spacial score (nSPS) is 11.2. The molecule has 0 bridgehead atoms. The number of nitrogens with zero attached hydrogens (tertiary/aromatic N) is 4. The van der Waals surface area contributed by atoms with E-state index in [9.17, 15) is 9.59 Å². The average molecular weight is 462 g/mol. The van der Waals surface area contributed by atoms with Gasteiger partial charge < -0.3 is 4.57 Å². The second kappa shape index (κ2) is 8.14. The molecule has 30 heavy (non-hydrogen) atoms. The number of benzene rings is 2. The van der Waals surface area contributed by atoms with Crippen molar-refractivity contribution in [1.29, 1.82) is 0 Å². The molecule has 0 amide bonds. The number of aromatic nitrogens is 4. The minimum absolute atomic E-state index is 0.0686. The highest BCUT2D eigenvalue weighted by Gasteiger charge is 2.19. The molecule has 4 rings (SSSR count). The molecular formula is C21H15Cl3N4O2. The zero-order valence-electron chi connectivity index (χ0n) is 15.6. The molecule has 6 nitrogen and oxygen atoms in total. The van der Waals surface area contributed by atoms with E-state index in [1.165, 1.54) is 17.0 Å². The molecule has 152 valence electrons. The van der Waals surface area contributed by atoms with Crippen molar-refractivity contribution in [2.24, 2.45) is 0 Å². The summed E-state index contributed by atoms with van der Waals surface area (Å²) in [6.07, 6.45) is 3.03. The molecule has 0 N–H and O–H groups in total. The van der Waals surface area contributed by atoms with Crippen LogP contribution in [0.15, 0.2) is 71.0 Å². The van der Waals surface area contributed by atoms with Gasteiger partial charge in [-0.25, -0.2) is 14.3 Å². The molecule has 2 aromatic carbocycles. The van der Waals surface area contributed by atoms with Crippen molar-refractivity contribution in [2.75, 3.05) is 0 Å². The summed E-state index contributed by atoms with van der Waals surface area (Å²) in [4.78, 5) is 30.6. The van der Waals surface area contributed by atoms with Crippen LogP contribution in [0.3, 0.4) is 0 Å². The minimum Gasteiger partial charge on any atom is -0.320 e. The number of halogens is 3. The van der Waals surface area contributed by atoms with E-state index >= 15 is 0 Å². The molecule has 9 heteroatoms. The van der Waals surface area contributed by atoms with E-state index in [1.54, 1.807) is 41.0 Å². The summed E-state index contributed by atoms with van der Waals surface area (Å²) in [6, 6.07) is 12.0. The summed E-state index contributed by atoms with van der Waals surface area (Å²) in [6.45, 7) is 4.05. The van der Waals surface area contributed by atoms with E-state index in [-0.39, 0.29) is 17.7 Å². The Labute approximate surface area is 186 Å². The van der Waals surface area contributed by atoms with Gasteiger partial charge in [-0.1, -0.05) is 46.9 Å². The quantitative estimate of drug-likeness (QED) is 0.410. The van der Waals surface area contributed by atoms with Gasteiger partial charge in [0.1, 0.15) is 0 Å². The number of allylic oxidation sites excluding steroid dienone is 1. The van der Waals surface area contributed by atoms with Crippen molar-refractivity contribution < 1.29 is 0 Å². The minimum atomic E-state index is -0.505. The lowest BCUT2D eigenvalue weighted by Crippen LogP contribution is -2.39. The van der Waals surface area contributed by atoms with Gasteiger partial charge in [0.15, 0.2) is 11.2 Å². The fourth-order valence-corrected chi connectivity index (χ4v) is 3.69. The first-order valence-electron chi connectivity index (χ1n) is 8.92. The van der Waals surface area contributed by atoms with Crippen LogP contribution in [-0.4, -0.2) is 18.7 Å². The number of hydrogen-bond donors (Lipinski definition) is 0. The van der Waals surface area contributed by atoms with Crippen LogP contribution in [0.5, 0.6) is 0 Å². The Bertz CT molecular complexity index is 1380. The molecule has 0 unspecified atom stereocenters. The van der Waals surface area contributed by atoms with Crippen LogP contribution in [0.25, 0.3) is 16.9 Å². The Kier molecular flexibility index (Phi) is 5.56. The molecule has 2 heterocycles. The molecule has 4 aromatic rings. The van der Waals surface area contributed by atoms with Gasteiger partial charge in [-0.3, -0.25) is 9.36 Å². The highest BCUT2D eigenvalue weighted by atomic mass is 35.5. The molecule has 0 saturated heterocycles. The maximum absolute atomic E-state index is 13.1. The molecule has 0 saturated carbocycles. The van der Waals surface area contributed by atoms with E-state index in [4.69, 9.17) is 34.8 Å². The molecule has 2 aromatic heterocycles. The van der Waals surface area contributed by atoms with Gasteiger partial charge >= 0.3 is 5.69 Å². The zero-order valence-corrected chi connectivity index (χ0v) is 17.8. The Morgan fingerprint density at radius 1 is 1.00 bits per heavy atom. The highest BCUT2D eigenvalue weighted by Crippen LogP contribution is 2.24. The van der Waals surface area contributed by atoms with Crippen molar-refractivity contribution in [2.45, 2.75) is 13.1 Å². The Hall–Kier alpha value is -2.80. The first kappa shape index (κ1) is 20.5. The van der Waals surface area contributed by atoms with Crippen molar-refractivity contribution >= 4 is 46.0 Å². The number of rotatable bonds is 5. The Morgan fingerprint density at radius 3 is 2.40 bits per heavy atom. The zero-order chi connectivity index (χ0) is 21.4. The number of imidazole rings is 1. The number of hydrogen-bond acceptors (Lipinski definition) is 3. The molecule has 0 radical (unpaired) electrons. The van der Waals surface area contributed by atoms with Crippen LogP contribution in [0.4, 0.5) is 0 Å². The van der Waals surface area contributed by atoms with Gasteiger partial charge in [0, 0.05) is 18.1 Å². The van der Waals surface area contributed by atoms with E-state index in [2.05, 4.69) is 11.6 Å². The van der Waals surface area contributed by atoms with Crippen LogP contribution in [0.1, 0.15) is 5.56 Å². The largest absolute Gasteiger partial charge is 0.337 e. The third kappa shape index (κ3) is 3.58. The summed E-state index contributed by atoms with van der Waals surface area (Å²) in [5.74, 6) is 0. The van der Waals surface area contributed by atoms with Crippen LogP contribution in [0, 0.1) is 0 Å². The second-order valence-electron chi connectivity index (χ2n) is 6.59. The standard InChI is InChI=1S/C21H15Cl3N4O2/c1-2-9-27-20(29)18-19(28(21(27)30)15-6-4-14(22)5-7-15)25-12-26(18)11-13-3-8-16(23)17(24)10-13/h2-8,10,12H,1,9,11H2. The summed E-state index contributed by atoms with van der Waals surface area (Å²) >= 11 is 18.1. The van der Waals surface area contributed by atoms with Gasteiger partial charge in [0.25, 0.3) is 5.56 Å². The third-order valence-corrected chi connectivity index (χ3v) is 5.62. The van der Waals surface area contributed by atoms with E-state index in [0.29, 0.717) is 27.3 Å². The fourth-order valence-electron chi connectivity index (χ4n) is 3.25. The van der Waals surface area contributed by atoms with Gasteiger partial charge in [0.05, 0.1) is 22.1 Å². The lowest BCUT2D eigenvalue weighted by Gasteiger charge is -2.12. The first-order valence-corrected chi connectivity index (χ1v) is 10.1. The Balaban J connectivity index is 1.97. The van der Waals surface area contributed by atoms with Crippen molar-refractivity contribution in [3.05, 3.63) is 103 Å². The maximum atomic E-state index is 13.1. The molecule has 0 aliphatic carbocycles. The predicted octanol–water partition coefficient (Wildman–Crippen LogP) is 4.54. The summed E-state index contributed by atoms with van der Waals surface area (Å²) in [7, 11) is 0. The van der Waals surface area contributed by atoms with Gasteiger partial charge in [-0.15, -0.1) is 6.58 Å². The lowest BCUT2D eigenvalue weighted by molar-refractivity contribution is 0.690. The predicted molar refractivity (Wildman–Crippen MR) is 120 cm³/mol. The van der Waals surface area contributed by atoms with E-state index in [1.807, 2.05) is 6.07 Å². The molecule has 0 aliphatic rings. The van der Waals surface area contributed by atoms with Gasteiger partial charge in [-0.2, -0.15) is 0 Å². The summed E-state index contributed by atoms with van der Waals surface area (Å²) in [5.41, 5.74) is 0.979. The SMILES string of the molecule is C=CCn1c(=O)c2c(ncn2Cc2ccc(Cl)c(Cl)c2)n(-c2ccc(Cl)cc2)c1=O. The second-order valence-corrected chi connectivity index (χ2v) is 7.84. The summed E-state index contributed by atoms with van der Waals surface area (Å²) in [5, 5.41) is 1.40. The highest BCUT2D eigenvalue weighted by molar-refractivity contribution is 6.42. The van der Waals surface area contributed by atoms with Crippen LogP contribution >= 0.6 is 34.8 Å². The lowest BCUT2D eigenvalue weighted by atomic mass is 10.2. The van der Waals surface area contributed by atoms with Gasteiger partial charge in [0.2, 0.25) is 0 Å². The first-order chi connectivity index (χ1) is 14.4. The summed E-state index contributed by atoms with van der Waals surface area (Å²) < 4.78 is 4.20. The monoisotopic (exact) mass is 460 g/mol. The molecule has 0 aliphatic heterocycles. The van der Waals surface area contributed by atoms with Gasteiger partial charge in [-0.05, 0) is 42.0 Å². The maximum Gasteiger partial charge on any atom is 0.337 e. The third-order valence-electron chi connectivity index (χ3n) is 4.63.